The highest BCUT2D eigenvalue weighted by molar-refractivity contribution is 5.92. The molecule has 0 aliphatic carbocycles. The van der Waals surface area contributed by atoms with Crippen molar-refractivity contribution in [1.82, 2.24) is 20.4 Å². The summed E-state index contributed by atoms with van der Waals surface area (Å²) in [5.74, 6) is -0.749. The number of halogens is 3. The molecule has 0 saturated carbocycles. The molecule has 2 N–H and O–H groups in total. The van der Waals surface area contributed by atoms with E-state index in [-0.39, 0.29) is 29.6 Å². The number of amides is 2. The Labute approximate surface area is 131 Å². The van der Waals surface area contributed by atoms with Gasteiger partial charge in [-0.3, -0.25) is 14.7 Å². The SMILES string of the molecule is CC(C)(C)N1C[C@@H](CNC(=O)c2cc(C(F)(F)F)[nH]n2)CC1=O. The Morgan fingerprint density at radius 2 is 2.09 bits per heavy atom. The first-order chi connectivity index (χ1) is 10.5. The zero-order valence-electron chi connectivity index (χ0n) is 13.1. The summed E-state index contributed by atoms with van der Waals surface area (Å²) in [6.07, 6.45) is -4.26. The first-order valence-electron chi connectivity index (χ1n) is 7.20. The first-order valence-corrected chi connectivity index (χ1v) is 7.20. The zero-order chi connectivity index (χ0) is 17.4. The van der Waals surface area contributed by atoms with Gasteiger partial charge in [-0.15, -0.1) is 0 Å². The van der Waals surface area contributed by atoms with Gasteiger partial charge in [-0.2, -0.15) is 18.3 Å². The van der Waals surface area contributed by atoms with Crippen molar-refractivity contribution >= 4 is 11.8 Å². The number of nitrogens with zero attached hydrogens (tertiary/aromatic N) is 2. The van der Waals surface area contributed by atoms with Crippen LogP contribution >= 0.6 is 0 Å². The summed E-state index contributed by atoms with van der Waals surface area (Å²) in [6, 6.07) is 0.663. The molecule has 0 spiro atoms. The fourth-order valence-corrected chi connectivity index (χ4v) is 2.48. The normalized spacial score (nSPS) is 19.3. The number of likely N-dealkylation sites (tertiary alicyclic amines) is 1. The number of rotatable bonds is 3. The number of carbonyl (C=O) groups excluding carboxylic acids is 2. The molecule has 0 bridgehead atoms. The molecule has 1 aromatic rings. The van der Waals surface area contributed by atoms with Crippen molar-refractivity contribution < 1.29 is 22.8 Å². The molecule has 2 rings (SSSR count). The lowest BCUT2D eigenvalue weighted by atomic mass is 10.1. The van der Waals surface area contributed by atoms with Crippen LogP contribution in [-0.2, 0) is 11.0 Å². The minimum absolute atomic E-state index is 0.0101. The highest BCUT2D eigenvalue weighted by Crippen LogP contribution is 2.28. The van der Waals surface area contributed by atoms with Crippen LogP contribution in [0.5, 0.6) is 0 Å². The summed E-state index contributed by atoms with van der Waals surface area (Å²) in [4.78, 5) is 25.5. The summed E-state index contributed by atoms with van der Waals surface area (Å²) in [5, 5.41) is 7.68. The smallest absolute Gasteiger partial charge is 0.350 e. The number of alkyl halides is 3. The standard InChI is InChI=1S/C14H19F3N4O2/c1-13(2,3)21-7-8(4-11(21)22)6-18-12(23)9-5-10(20-19-9)14(15,16)17/h5,8H,4,6-7H2,1-3H3,(H,18,23)(H,19,20)/t8-/m1/s1. The Balaban J connectivity index is 1.91. The van der Waals surface area contributed by atoms with Gasteiger partial charge in [0.05, 0.1) is 0 Å². The molecule has 1 saturated heterocycles. The maximum atomic E-state index is 12.4. The van der Waals surface area contributed by atoms with Gasteiger partial charge in [0, 0.05) is 37.0 Å². The highest BCUT2D eigenvalue weighted by atomic mass is 19.4. The van der Waals surface area contributed by atoms with Crippen molar-refractivity contribution in [2.24, 2.45) is 5.92 Å². The number of hydrogen-bond donors (Lipinski definition) is 2. The minimum atomic E-state index is -4.57. The van der Waals surface area contributed by atoms with Gasteiger partial charge >= 0.3 is 6.18 Å². The van der Waals surface area contributed by atoms with E-state index in [9.17, 15) is 22.8 Å². The van der Waals surface area contributed by atoms with Crippen LogP contribution in [0.4, 0.5) is 13.2 Å². The first kappa shape index (κ1) is 17.3. The molecule has 1 aliphatic rings. The summed E-state index contributed by atoms with van der Waals surface area (Å²) in [5.41, 5.74) is -1.69. The van der Waals surface area contributed by atoms with Gasteiger partial charge in [0.1, 0.15) is 5.69 Å². The second kappa shape index (κ2) is 5.86. The Morgan fingerprint density at radius 1 is 1.43 bits per heavy atom. The van der Waals surface area contributed by atoms with Crippen LogP contribution in [-0.4, -0.2) is 45.5 Å². The van der Waals surface area contributed by atoms with Crippen LogP contribution in [0.15, 0.2) is 6.07 Å². The summed E-state index contributed by atoms with van der Waals surface area (Å²) in [7, 11) is 0. The van der Waals surface area contributed by atoms with Crippen molar-refractivity contribution in [2.75, 3.05) is 13.1 Å². The topological polar surface area (TPSA) is 78.1 Å². The fraction of sp³-hybridized carbons (Fsp3) is 0.643. The largest absolute Gasteiger partial charge is 0.432 e. The van der Waals surface area contributed by atoms with Gasteiger partial charge < -0.3 is 10.2 Å². The molecule has 0 unspecified atom stereocenters. The van der Waals surface area contributed by atoms with Crippen LogP contribution in [0.3, 0.4) is 0 Å². The van der Waals surface area contributed by atoms with E-state index < -0.39 is 17.8 Å². The van der Waals surface area contributed by atoms with Crippen molar-refractivity contribution in [1.29, 1.82) is 0 Å². The second-order valence-corrected chi connectivity index (χ2v) is 6.62. The van der Waals surface area contributed by atoms with Gasteiger partial charge in [-0.25, -0.2) is 0 Å². The molecule has 6 nitrogen and oxygen atoms in total. The number of hydrogen-bond acceptors (Lipinski definition) is 3. The molecule has 9 heteroatoms. The summed E-state index contributed by atoms with van der Waals surface area (Å²) in [6.45, 7) is 6.50. The molecular weight excluding hydrogens is 313 g/mol. The Morgan fingerprint density at radius 3 is 2.57 bits per heavy atom. The summed E-state index contributed by atoms with van der Waals surface area (Å²) >= 11 is 0. The fourth-order valence-electron chi connectivity index (χ4n) is 2.48. The molecule has 1 atom stereocenters. The van der Waals surface area contributed by atoms with Gasteiger partial charge in [-0.05, 0) is 20.8 Å². The Kier molecular flexibility index (Phi) is 4.41. The summed E-state index contributed by atoms with van der Waals surface area (Å²) < 4.78 is 37.3. The average Bonchev–Trinajstić information content (AvgIpc) is 3.01. The molecule has 0 aromatic carbocycles. The molecule has 128 valence electrons. The van der Waals surface area contributed by atoms with E-state index in [0.717, 1.165) is 0 Å². The highest BCUT2D eigenvalue weighted by Gasteiger charge is 2.37. The van der Waals surface area contributed by atoms with Gasteiger partial charge in [0.25, 0.3) is 5.91 Å². The van der Waals surface area contributed by atoms with Gasteiger partial charge in [0.15, 0.2) is 5.69 Å². The molecule has 23 heavy (non-hydrogen) atoms. The van der Waals surface area contributed by atoms with E-state index in [1.807, 2.05) is 20.8 Å². The lowest BCUT2D eigenvalue weighted by Gasteiger charge is -2.32. The quantitative estimate of drug-likeness (QED) is 0.886. The van der Waals surface area contributed by atoms with Crippen LogP contribution < -0.4 is 5.32 Å². The predicted molar refractivity (Wildman–Crippen MR) is 75.5 cm³/mol. The molecule has 2 amide bonds. The molecule has 1 aromatic heterocycles. The average molecular weight is 332 g/mol. The Hall–Kier alpha value is -2.06. The number of nitrogens with one attached hydrogen (secondary N) is 2. The Bertz CT molecular complexity index is 604. The maximum absolute atomic E-state index is 12.4. The molecule has 1 aliphatic heterocycles. The number of carbonyl (C=O) groups is 2. The number of H-pyrrole nitrogens is 1. The minimum Gasteiger partial charge on any atom is -0.350 e. The van der Waals surface area contributed by atoms with E-state index in [4.69, 9.17) is 0 Å². The van der Waals surface area contributed by atoms with Crippen molar-refractivity contribution in [3.8, 4) is 0 Å². The van der Waals surface area contributed by atoms with Gasteiger partial charge in [0.2, 0.25) is 5.91 Å². The maximum Gasteiger partial charge on any atom is 0.432 e. The zero-order valence-corrected chi connectivity index (χ0v) is 13.1. The third-order valence-corrected chi connectivity index (χ3v) is 3.68. The van der Waals surface area contributed by atoms with Crippen LogP contribution in [0.2, 0.25) is 0 Å². The second-order valence-electron chi connectivity index (χ2n) is 6.62. The van der Waals surface area contributed by atoms with Crippen LogP contribution in [0.1, 0.15) is 43.4 Å². The third-order valence-electron chi connectivity index (χ3n) is 3.68. The lowest BCUT2D eigenvalue weighted by Crippen LogP contribution is -2.42. The number of aromatic nitrogens is 2. The monoisotopic (exact) mass is 332 g/mol. The molecular formula is C14H19F3N4O2. The van der Waals surface area contributed by atoms with E-state index in [2.05, 4.69) is 10.4 Å². The van der Waals surface area contributed by atoms with Crippen LogP contribution in [0, 0.1) is 5.92 Å². The van der Waals surface area contributed by atoms with E-state index in [1.54, 1.807) is 10.00 Å². The van der Waals surface area contributed by atoms with E-state index >= 15 is 0 Å². The van der Waals surface area contributed by atoms with E-state index in [1.165, 1.54) is 0 Å². The molecule has 0 radical (unpaired) electrons. The molecule has 2 heterocycles. The molecule has 1 fully saturated rings. The number of aromatic amines is 1. The predicted octanol–water partition coefficient (Wildman–Crippen LogP) is 1.81. The van der Waals surface area contributed by atoms with Crippen LogP contribution in [0.25, 0.3) is 0 Å². The van der Waals surface area contributed by atoms with E-state index in [0.29, 0.717) is 19.0 Å². The van der Waals surface area contributed by atoms with Gasteiger partial charge in [-0.1, -0.05) is 0 Å². The lowest BCUT2D eigenvalue weighted by molar-refractivity contribution is -0.141. The third kappa shape index (κ3) is 4.02. The van der Waals surface area contributed by atoms with Crippen molar-refractivity contribution in [3.63, 3.8) is 0 Å². The van der Waals surface area contributed by atoms with Crippen molar-refractivity contribution in [3.05, 3.63) is 17.5 Å². The van der Waals surface area contributed by atoms with Crippen molar-refractivity contribution in [2.45, 2.75) is 38.9 Å².